The highest BCUT2D eigenvalue weighted by Crippen LogP contribution is 2.28. The smallest absolute Gasteiger partial charge is 0.0422 e. The summed E-state index contributed by atoms with van der Waals surface area (Å²) < 4.78 is 0. The van der Waals surface area contributed by atoms with Crippen LogP contribution in [-0.4, -0.2) is 37.1 Å². The van der Waals surface area contributed by atoms with Gasteiger partial charge >= 0.3 is 0 Å². The molecule has 0 bridgehead atoms. The van der Waals surface area contributed by atoms with Crippen molar-refractivity contribution in [3.05, 3.63) is 30.1 Å². The highest BCUT2D eigenvalue weighted by molar-refractivity contribution is 6.00. The van der Waals surface area contributed by atoms with Crippen LogP contribution < -0.4 is 11.1 Å². The second-order valence-electron chi connectivity index (χ2n) is 5.16. The normalized spacial score (nSPS) is 11.2. The Hall–Kier alpha value is -1.81. The molecule has 0 amide bonds. The molecule has 19 heavy (non-hydrogen) atoms. The molecule has 0 aliphatic heterocycles. The first-order valence-electron chi connectivity index (χ1n) is 6.61. The summed E-state index contributed by atoms with van der Waals surface area (Å²) in [6.07, 6.45) is 2.97. The SMILES string of the molecule is Cc1cc2c(NCCCN(C)C)ccc(N)c2cn1. The lowest BCUT2D eigenvalue weighted by molar-refractivity contribution is 0.405. The van der Waals surface area contributed by atoms with Gasteiger partial charge in [-0.05, 0) is 52.2 Å². The standard InChI is InChI=1S/C15H22N4/c1-11-9-12-13(10-18-11)14(16)5-6-15(12)17-7-4-8-19(2)3/h5-6,9-10,17H,4,7-8,16H2,1-3H3. The Kier molecular flexibility index (Phi) is 4.22. The zero-order valence-corrected chi connectivity index (χ0v) is 11.9. The molecule has 4 heteroatoms. The van der Waals surface area contributed by atoms with Crippen LogP contribution in [0.3, 0.4) is 0 Å². The largest absolute Gasteiger partial charge is 0.398 e. The first kappa shape index (κ1) is 13.6. The molecule has 102 valence electrons. The Labute approximate surface area is 114 Å². The van der Waals surface area contributed by atoms with Gasteiger partial charge in [-0.25, -0.2) is 0 Å². The van der Waals surface area contributed by atoms with Gasteiger partial charge < -0.3 is 16.0 Å². The predicted octanol–water partition coefficient (Wildman–Crippen LogP) is 2.49. The predicted molar refractivity (Wildman–Crippen MR) is 82.6 cm³/mol. The summed E-state index contributed by atoms with van der Waals surface area (Å²) >= 11 is 0. The fraction of sp³-hybridized carbons (Fsp3) is 0.400. The van der Waals surface area contributed by atoms with E-state index in [1.807, 2.05) is 25.3 Å². The number of nitrogens with two attached hydrogens (primary N) is 1. The van der Waals surface area contributed by atoms with Crippen LogP contribution in [-0.2, 0) is 0 Å². The summed E-state index contributed by atoms with van der Waals surface area (Å²) in [6.45, 7) is 4.04. The monoisotopic (exact) mass is 258 g/mol. The molecule has 0 fully saturated rings. The molecule has 0 radical (unpaired) electrons. The molecule has 2 aromatic rings. The van der Waals surface area contributed by atoms with Crippen LogP contribution in [0.25, 0.3) is 10.8 Å². The molecular formula is C15H22N4. The number of nitrogens with zero attached hydrogens (tertiary/aromatic N) is 2. The first-order valence-corrected chi connectivity index (χ1v) is 6.61. The minimum Gasteiger partial charge on any atom is -0.398 e. The van der Waals surface area contributed by atoms with Gasteiger partial charge in [0, 0.05) is 40.6 Å². The van der Waals surface area contributed by atoms with E-state index in [0.717, 1.165) is 47.4 Å². The lowest BCUT2D eigenvalue weighted by Gasteiger charge is -2.13. The van der Waals surface area contributed by atoms with Gasteiger partial charge in [-0.3, -0.25) is 4.98 Å². The fourth-order valence-corrected chi connectivity index (χ4v) is 2.14. The number of aryl methyl sites for hydroxylation is 1. The summed E-state index contributed by atoms with van der Waals surface area (Å²) in [4.78, 5) is 6.51. The van der Waals surface area contributed by atoms with Gasteiger partial charge in [0.05, 0.1) is 0 Å². The number of aromatic nitrogens is 1. The molecule has 1 heterocycles. The number of benzene rings is 1. The van der Waals surface area contributed by atoms with E-state index in [4.69, 9.17) is 5.73 Å². The Morgan fingerprint density at radius 3 is 2.79 bits per heavy atom. The summed E-state index contributed by atoms with van der Waals surface area (Å²) in [5.74, 6) is 0. The second-order valence-corrected chi connectivity index (χ2v) is 5.16. The Bertz CT molecular complexity index is 563. The minimum atomic E-state index is 0.779. The van der Waals surface area contributed by atoms with Gasteiger partial charge in [0.15, 0.2) is 0 Å². The van der Waals surface area contributed by atoms with Crippen molar-refractivity contribution in [2.75, 3.05) is 38.2 Å². The molecule has 4 nitrogen and oxygen atoms in total. The van der Waals surface area contributed by atoms with Gasteiger partial charge in [-0.2, -0.15) is 0 Å². The van der Waals surface area contributed by atoms with Crippen molar-refractivity contribution in [1.82, 2.24) is 9.88 Å². The lowest BCUT2D eigenvalue weighted by Crippen LogP contribution is -2.16. The minimum absolute atomic E-state index is 0.779. The van der Waals surface area contributed by atoms with Gasteiger partial charge in [-0.15, -0.1) is 0 Å². The second kappa shape index (κ2) is 5.89. The van der Waals surface area contributed by atoms with Crippen molar-refractivity contribution < 1.29 is 0 Å². The van der Waals surface area contributed by atoms with E-state index in [1.165, 1.54) is 0 Å². The van der Waals surface area contributed by atoms with Crippen molar-refractivity contribution in [3.63, 3.8) is 0 Å². The van der Waals surface area contributed by atoms with E-state index in [2.05, 4.69) is 35.4 Å². The summed E-state index contributed by atoms with van der Waals surface area (Å²) in [5, 5.41) is 5.65. The van der Waals surface area contributed by atoms with Crippen molar-refractivity contribution in [2.24, 2.45) is 0 Å². The average molecular weight is 258 g/mol. The topological polar surface area (TPSA) is 54.2 Å². The molecule has 1 aromatic heterocycles. The van der Waals surface area contributed by atoms with Gasteiger partial charge in [0.1, 0.15) is 0 Å². The van der Waals surface area contributed by atoms with Crippen LogP contribution in [0.2, 0.25) is 0 Å². The molecule has 3 N–H and O–H groups in total. The molecule has 0 atom stereocenters. The van der Waals surface area contributed by atoms with Crippen molar-refractivity contribution >= 4 is 22.1 Å². The molecule has 1 aromatic carbocycles. The third-order valence-electron chi connectivity index (χ3n) is 3.17. The average Bonchev–Trinajstić information content (AvgIpc) is 2.36. The molecule has 2 rings (SSSR count). The Morgan fingerprint density at radius 1 is 1.26 bits per heavy atom. The first-order chi connectivity index (χ1) is 9.08. The van der Waals surface area contributed by atoms with E-state index in [0.29, 0.717) is 0 Å². The van der Waals surface area contributed by atoms with E-state index >= 15 is 0 Å². The molecule has 0 spiro atoms. The molecular weight excluding hydrogens is 236 g/mol. The van der Waals surface area contributed by atoms with Gasteiger partial charge in [-0.1, -0.05) is 0 Å². The summed E-state index contributed by atoms with van der Waals surface area (Å²) in [6, 6.07) is 6.07. The van der Waals surface area contributed by atoms with Crippen molar-refractivity contribution in [1.29, 1.82) is 0 Å². The number of nitrogens with one attached hydrogen (secondary N) is 1. The number of hydrogen-bond donors (Lipinski definition) is 2. The number of anilines is 2. The molecule has 0 aliphatic rings. The number of hydrogen-bond acceptors (Lipinski definition) is 4. The molecule has 0 saturated carbocycles. The summed E-state index contributed by atoms with van der Waals surface area (Å²) in [7, 11) is 4.18. The van der Waals surface area contributed by atoms with E-state index in [-0.39, 0.29) is 0 Å². The lowest BCUT2D eigenvalue weighted by atomic mass is 10.1. The summed E-state index contributed by atoms with van der Waals surface area (Å²) in [5.41, 5.74) is 8.92. The van der Waals surface area contributed by atoms with Crippen LogP contribution in [0.4, 0.5) is 11.4 Å². The van der Waals surface area contributed by atoms with Gasteiger partial charge in [0.25, 0.3) is 0 Å². The van der Waals surface area contributed by atoms with Crippen molar-refractivity contribution in [2.45, 2.75) is 13.3 Å². The zero-order valence-electron chi connectivity index (χ0n) is 11.9. The third kappa shape index (κ3) is 3.35. The van der Waals surface area contributed by atoms with Crippen LogP contribution in [0.5, 0.6) is 0 Å². The maximum Gasteiger partial charge on any atom is 0.0422 e. The van der Waals surface area contributed by atoms with Crippen LogP contribution in [0.15, 0.2) is 24.4 Å². The van der Waals surface area contributed by atoms with Crippen LogP contribution in [0, 0.1) is 6.92 Å². The number of pyridine rings is 1. The van der Waals surface area contributed by atoms with E-state index < -0.39 is 0 Å². The maximum absolute atomic E-state index is 6.00. The maximum atomic E-state index is 6.00. The molecule has 0 aliphatic carbocycles. The third-order valence-corrected chi connectivity index (χ3v) is 3.17. The highest BCUT2D eigenvalue weighted by Gasteiger charge is 2.04. The molecule has 0 unspecified atom stereocenters. The van der Waals surface area contributed by atoms with Crippen molar-refractivity contribution in [3.8, 4) is 0 Å². The van der Waals surface area contributed by atoms with Crippen LogP contribution >= 0.6 is 0 Å². The van der Waals surface area contributed by atoms with Crippen LogP contribution in [0.1, 0.15) is 12.1 Å². The Balaban J connectivity index is 2.18. The van der Waals surface area contributed by atoms with Gasteiger partial charge in [0.2, 0.25) is 0 Å². The highest BCUT2D eigenvalue weighted by atomic mass is 15.1. The molecule has 0 saturated heterocycles. The zero-order chi connectivity index (χ0) is 13.8. The Morgan fingerprint density at radius 2 is 2.05 bits per heavy atom. The fourth-order valence-electron chi connectivity index (χ4n) is 2.14. The number of fused-ring (bicyclic) bond motifs is 1. The van der Waals surface area contributed by atoms with E-state index in [9.17, 15) is 0 Å². The number of nitrogen functional groups attached to an aromatic ring is 1. The quantitative estimate of drug-likeness (QED) is 0.639. The number of rotatable bonds is 5. The van der Waals surface area contributed by atoms with E-state index in [1.54, 1.807) is 0 Å².